The summed E-state index contributed by atoms with van der Waals surface area (Å²) in [6.07, 6.45) is -1.09. The number of carbonyl (C=O) groups is 2. The van der Waals surface area contributed by atoms with E-state index in [0.29, 0.717) is 22.7 Å². The molecule has 2 aromatic carbocycles. The molecule has 0 aliphatic heterocycles. The second-order valence-electron chi connectivity index (χ2n) is 5.64. The Hall–Kier alpha value is -3.73. The minimum Gasteiger partial charge on any atom is -0.496 e. The van der Waals surface area contributed by atoms with Crippen molar-refractivity contribution in [3.8, 4) is 23.3 Å². The molecule has 1 amide bonds. The van der Waals surface area contributed by atoms with Gasteiger partial charge in [0.1, 0.15) is 11.3 Å². The lowest BCUT2D eigenvalue weighted by atomic mass is 10.1. The van der Waals surface area contributed by atoms with Crippen LogP contribution >= 0.6 is 0 Å². The summed E-state index contributed by atoms with van der Waals surface area (Å²) in [5.74, 6) is -0.370. The number of anilines is 1. The van der Waals surface area contributed by atoms with Crippen molar-refractivity contribution >= 4 is 17.6 Å². The molecule has 0 aliphatic carbocycles. The highest BCUT2D eigenvalue weighted by Crippen LogP contribution is 2.35. The molecule has 146 valence electrons. The zero-order valence-corrected chi connectivity index (χ0v) is 15.9. The lowest BCUT2D eigenvalue weighted by Gasteiger charge is -2.16. The summed E-state index contributed by atoms with van der Waals surface area (Å²) in [4.78, 5) is 24.8. The molecule has 0 saturated heterocycles. The maximum atomic E-state index is 12.5. The molecule has 0 heterocycles. The molecule has 0 radical (unpaired) electrons. The molecule has 28 heavy (non-hydrogen) atoms. The minimum absolute atomic E-state index is 0.0891. The SMILES string of the molecule is COc1cc(OC)c(C(=O)O[C@@H](C)C(=O)Nc2cccc(C#N)c2)cc1OC. The van der Waals surface area contributed by atoms with Gasteiger partial charge in [0.2, 0.25) is 0 Å². The van der Waals surface area contributed by atoms with E-state index in [9.17, 15) is 9.59 Å². The summed E-state index contributed by atoms with van der Waals surface area (Å²) in [5, 5.41) is 11.5. The van der Waals surface area contributed by atoms with Gasteiger partial charge in [-0.2, -0.15) is 5.26 Å². The zero-order valence-electron chi connectivity index (χ0n) is 15.9. The lowest BCUT2D eigenvalue weighted by Crippen LogP contribution is -2.30. The van der Waals surface area contributed by atoms with Crippen LogP contribution in [0.25, 0.3) is 0 Å². The Balaban J connectivity index is 2.15. The number of carbonyl (C=O) groups excluding carboxylic acids is 2. The van der Waals surface area contributed by atoms with Crippen molar-refractivity contribution in [1.82, 2.24) is 0 Å². The number of ether oxygens (including phenoxy) is 4. The van der Waals surface area contributed by atoms with Crippen LogP contribution in [0.4, 0.5) is 5.69 Å². The van der Waals surface area contributed by atoms with Crippen LogP contribution in [0.2, 0.25) is 0 Å². The Labute approximate surface area is 162 Å². The van der Waals surface area contributed by atoms with Gasteiger partial charge in [0.05, 0.1) is 33.0 Å². The van der Waals surface area contributed by atoms with Crippen LogP contribution in [0.5, 0.6) is 17.2 Å². The van der Waals surface area contributed by atoms with Gasteiger partial charge in [0.15, 0.2) is 17.6 Å². The Morgan fingerprint density at radius 2 is 1.64 bits per heavy atom. The summed E-state index contributed by atoms with van der Waals surface area (Å²) in [5.41, 5.74) is 0.916. The van der Waals surface area contributed by atoms with E-state index in [0.717, 1.165) is 0 Å². The first-order chi connectivity index (χ1) is 13.4. The molecular formula is C20H20N2O6. The third kappa shape index (κ3) is 4.71. The highest BCUT2D eigenvalue weighted by molar-refractivity contribution is 5.98. The standard InChI is InChI=1S/C20H20N2O6/c1-12(19(23)22-14-7-5-6-13(8-14)11-21)28-20(24)15-9-17(26-3)18(27-4)10-16(15)25-2/h5-10,12H,1-4H3,(H,22,23)/t12-/m0/s1. The fraction of sp³-hybridized carbons (Fsp3) is 0.250. The highest BCUT2D eigenvalue weighted by Gasteiger charge is 2.23. The Kier molecular flexibility index (Phi) is 6.82. The monoisotopic (exact) mass is 384 g/mol. The number of amides is 1. The first-order valence-corrected chi connectivity index (χ1v) is 8.25. The van der Waals surface area contributed by atoms with Gasteiger partial charge in [0, 0.05) is 17.8 Å². The van der Waals surface area contributed by atoms with Crippen LogP contribution in [-0.2, 0) is 9.53 Å². The van der Waals surface area contributed by atoms with Crippen molar-refractivity contribution in [3.63, 3.8) is 0 Å². The number of nitrogens with one attached hydrogen (secondary N) is 1. The van der Waals surface area contributed by atoms with Crippen molar-refractivity contribution < 1.29 is 28.5 Å². The summed E-state index contributed by atoms with van der Waals surface area (Å²) in [7, 11) is 4.30. The maximum Gasteiger partial charge on any atom is 0.342 e. The maximum absolute atomic E-state index is 12.5. The highest BCUT2D eigenvalue weighted by atomic mass is 16.6. The van der Waals surface area contributed by atoms with Crippen LogP contribution in [-0.4, -0.2) is 39.3 Å². The Morgan fingerprint density at radius 1 is 1.00 bits per heavy atom. The van der Waals surface area contributed by atoms with Crippen molar-refractivity contribution in [3.05, 3.63) is 47.5 Å². The van der Waals surface area contributed by atoms with Gasteiger partial charge >= 0.3 is 5.97 Å². The van der Waals surface area contributed by atoms with Crippen molar-refractivity contribution in [2.24, 2.45) is 0 Å². The number of methoxy groups -OCH3 is 3. The molecule has 1 atom stereocenters. The van der Waals surface area contributed by atoms with E-state index in [4.69, 9.17) is 24.2 Å². The number of rotatable bonds is 7. The Bertz CT molecular complexity index is 919. The smallest absolute Gasteiger partial charge is 0.342 e. The molecule has 0 bridgehead atoms. The van der Waals surface area contributed by atoms with Crippen LogP contribution < -0.4 is 19.5 Å². The second kappa shape index (κ2) is 9.28. The van der Waals surface area contributed by atoms with E-state index in [2.05, 4.69) is 5.32 Å². The number of esters is 1. The first kappa shape index (κ1) is 20.6. The Morgan fingerprint density at radius 3 is 2.25 bits per heavy atom. The predicted molar refractivity (Wildman–Crippen MR) is 101 cm³/mol. The molecule has 0 aromatic heterocycles. The van der Waals surface area contributed by atoms with E-state index < -0.39 is 18.0 Å². The molecule has 0 unspecified atom stereocenters. The van der Waals surface area contributed by atoms with Gasteiger partial charge in [-0.1, -0.05) is 6.07 Å². The number of benzene rings is 2. The average Bonchev–Trinajstić information content (AvgIpc) is 2.72. The third-order valence-electron chi connectivity index (χ3n) is 3.84. The van der Waals surface area contributed by atoms with Gasteiger partial charge in [-0.15, -0.1) is 0 Å². The molecule has 0 fully saturated rings. The molecule has 2 aromatic rings. The van der Waals surface area contributed by atoms with Gasteiger partial charge in [0.25, 0.3) is 5.91 Å². The number of nitrogens with zero attached hydrogens (tertiary/aromatic N) is 1. The average molecular weight is 384 g/mol. The molecule has 8 nitrogen and oxygen atoms in total. The van der Waals surface area contributed by atoms with Crippen molar-refractivity contribution in [2.45, 2.75) is 13.0 Å². The summed E-state index contributed by atoms with van der Waals surface area (Å²) in [6, 6.07) is 11.3. The van der Waals surface area contributed by atoms with Crippen LogP contribution in [0.1, 0.15) is 22.8 Å². The predicted octanol–water partition coefficient (Wildman–Crippen LogP) is 2.77. The molecule has 0 aliphatic rings. The summed E-state index contributed by atoms with van der Waals surface area (Å²) < 4.78 is 20.8. The fourth-order valence-corrected chi connectivity index (χ4v) is 2.38. The number of hydrogen-bond acceptors (Lipinski definition) is 7. The third-order valence-corrected chi connectivity index (χ3v) is 3.84. The van der Waals surface area contributed by atoms with Gasteiger partial charge < -0.3 is 24.3 Å². The molecule has 8 heteroatoms. The van der Waals surface area contributed by atoms with E-state index in [1.54, 1.807) is 18.2 Å². The van der Waals surface area contributed by atoms with Crippen molar-refractivity contribution in [2.75, 3.05) is 26.6 Å². The summed E-state index contributed by atoms with van der Waals surface area (Å²) in [6.45, 7) is 1.44. The molecule has 1 N–H and O–H groups in total. The molecule has 0 saturated carbocycles. The lowest BCUT2D eigenvalue weighted by molar-refractivity contribution is -0.123. The second-order valence-corrected chi connectivity index (χ2v) is 5.64. The van der Waals surface area contributed by atoms with E-state index >= 15 is 0 Å². The quantitative estimate of drug-likeness (QED) is 0.732. The molecule has 0 spiro atoms. The first-order valence-electron chi connectivity index (χ1n) is 8.25. The fourth-order valence-electron chi connectivity index (χ4n) is 2.38. The van der Waals surface area contributed by atoms with Crippen LogP contribution in [0, 0.1) is 11.3 Å². The normalized spacial score (nSPS) is 11.0. The van der Waals surface area contributed by atoms with E-state index in [1.165, 1.54) is 46.5 Å². The number of hydrogen-bond donors (Lipinski definition) is 1. The van der Waals surface area contributed by atoms with Crippen LogP contribution in [0.3, 0.4) is 0 Å². The van der Waals surface area contributed by atoms with E-state index in [-0.39, 0.29) is 11.3 Å². The minimum atomic E-state index is -1.09. The number of nitriles is 1. The molecule has 2 rings (SSSR count). The summed E-state index contributed by atoms with van der Waals surface area (Å²) >= 11 is 0. The largest absolute Gasteiger partial charge is 0.496 e. The van der Waals surface area contributed by atoms with Crippen molar-refractivity contribution in [1.29, 1.82) is 5.26 Å². The zero-order chi connectivity index (χ0) is 20.7. The molecular weight excluding hydrogens is 364 g/mol. The van der Waals surface area contributed by atoms with Gasteiger partial charge in [-0.25, -0.2) is 4.79 Å². The van der Waals surface area contributed by atoms with Gasteiger partial charge in [-0.3, -0.25) is 4.79 Å². The topological polar surface area (TPSA) is 107 Å². The van der Waals surface area contributed by atoms with E-state index in [1.807, 2.05) is 6.07 Å². The van der Waals surface area contributed by atoms with Gasteiger partial charge in [-0.05, 0) is 25.1 Å². The van der Waals surface area contributed by atoms with Crippen LogP contribution in [0.15, 0.2) is 36.4 Å².